The highest BCUT2D eigenvalue weighted by atomic mass is 79.9. The molecule has 4 nitrogen and oxygen atoms in total. The van der Waals surface area contributed by atoms with Gasteiger partial charge in [-0.25, -0.2) is 4.39 Å². The number of hydrogen-bond acceptors (Lipinski definition) is 3. The van der Waals surface area contributed by atoms with E-state index in [0.717, 1.165) is 0 Å². The molecule has 2 aromatic carbocycles. The van der Waals surface area contributed by atoms with Gasteiger partial charge in [0.2, 0.25) is 0 Å². The second kappa shape index (κ2) is 6.78. The Morgan fingerprint density at radius 1 is 1.33 bits per heavy atom. The molecule has 3 N–H and O–H groups in total. The highest BCUT2D eigenvalue weighted by Crippen LogP contribution is 2.24. The van der Waals surface area contributed by atoms with E-state index in [1.807, 2.05) is 0 Å². The molecule has 7 heteroatoms. The maximum absolute atomic E-state index is 13.6. The fraction of sp³-hybridized carbons (Fsp3) is 0.0714. The van der Waals surface area contributed by atoms with Crippen LogP contribution in [0, 0.1) is 5.82 Å². The molecular weight excluding hydrogens is 363 g/mol. The monoisotopic (exact) mass is 372 g/mol. The first-order valence-electron chi connectivity index (χ1n) is 5.85. The second-order valence-corrected chi connectivity index (χ2v) is 5.48. The van der Waals surface area contributed by atoms with E-state index in [-0.39, 0.29) is 18.2 Å². The summed E-state index contributed by atoms with van der Waals surface area (Å²) in [6, 6.07) is 9.38. The van der Waals surface area contributed by atoms with E-state index in [2.05, 4.69) is 21.1 Å². The van der Waals surface area contributed by atoms with Gasteiger partial charge in [-0.15, -0.1) is 0 Å². The van der Waals surface area contributed by atoms with Gasteiger partial charge in [-0.05, 0) is 24.3 Å². The number of benzene rings is 2. The Morgan fingerprint density at radius 3 is 2.71 bits per heavy atom. The molecule has 0 radical (unpaired) electrons. The van der Waals surface area contributed by atoms with Crippen molar-refractivity contribution in [2.45, 2.75) is 6.61 Å². The molecule has 2 rings (SSSR count). The van der Waals surface area contributed by atoms with Crippen molar-refractivity contribution in [3.05, 3.63) is 62.8 Å². The van der Waals surface area contributed by atoms with Crippen LogP contribution in [-0.4, -0.2) is 11.0 Å². The molecule has 0 spiro atoms. The van der Waals surface area contributed by atoms with Gasteiger partial charge >= 0.3 is 0 Å². The van der Waals surface area contributed by atoms with Crippen molar-refractivity contribution >= 4 is 33.4 Å². The molecule has 0 saturated carbocycles. The summed E-state index contributed by atoms with van der Waals surface area (Å²) in [7, 11) is 0. The van der Waals surface area contributed by atoms with Crippen LogP contribution < -0.4 is 10.5 Å². The first-order chi connectivity index (χ1) is 10.0. The Morgan fingerprint density at radius 2 is 2.10 bits per heavy atom. The molecular formula is C14H11BrClFN2O2. The average molecular weight is 374 g/mol. The third-order valence-electron chi connectivity index (χ3n) is 2.73. The fourth-order valence-corrected chi connectivity index (χ4v) is 2.20. The summed E-state index contributed by atoms with van der Waals surface area (Å²) in [5.41, 5.74) is 6.62. The molecule has 0 aliphatic heterocycles. The van der Waals surface area contributed by atoms with Crippen molar-refractivity contribution in [3.63, 3.8) is 0 Å². The summed E-state index contributed by atoms with van der Waals surface area (Å²) >= 11 is 9.26. The Kier molecular flexibility index (Phi) is 5.03. The van der Waals surface area contributed by atoms with E-state index < -0.39 is 5.82 Å². The number of rotatable bonds is 4. The van der Waals surface area contributed by atoms with Gasteiger partial charge in [-0.3, -0.25) is 0 Å². The molecule has 0 aliphatic carbocycles. The third-order valence-corrected chi connectivity index (χ3v) is 3.58. The van der Waals surface area contributed by atoms with Gasteiger partial charge < -0.3 is 15.7 Å². The molecule has 0 fully saturated rings. The number of nitrogens with zero attached hydrogens (tertiary/aromatic N) is 1. The predicted octanol–water partition coefficient (Wildman–Crippen LogP) is 3.92. The number of hydrogen-bond donors (Lipinski definition) is 2. The van der Waals surface area contributed by atoms with Crippen LogP contribution in [0.2, 0.25) is 5.02 Å². The Balaban J connectivity index is 2.13. The molecule has 0 bridgehead atoms. The lowest BCUT2D eigenvalue weighted by atomic mass is 10.1. The summed E-state index contributed by atoms with van der Waals surface area (Å²) in [6.07, 6.45) is 0. The second-order valence-electron chi connectivity index (χ2n) is 4.15. The van der Waals surface area contributed by atoms with Crippen LogP contribution in [0.15, 0.2) is 46.0 Å². The quantitative estimate of drug-likeness (QED) is 0.369. The van der Waals surface area contributed by atoms with Crippen molar-refractivity contribution in [1.82, 2.24) is 0 Å². The summed E-state index contributed by atoms with van der Waals surface area (Å²) in [5, 5.41) is 11.9. The minimum absolute atomic E-state index is 0.0386. The van der Waals surface area contributed by atoms with Crippen LogP contribution >= 0.6 is 27.5 Å². The smallest absolute Gasteiger partial charge is 0.170 e. The average Bonchev–Trinajstić information content (AvgIpc) is 2.46. The maximum Gasteiger partial charge on any atom is 0.170 e. The molecule has 0 aliphatic rings. The molecule has 0 heterocycles. The van der Waals surface area contributed by atoms with Gasteiger partial charge in [0.05, 0.1) is 0 Å². The Bertz CT molecular complexity index is 695. The number of amidine groups is 1. The number of oxime groups is 1. The standard InChI is InChI=1S/C14H11BrClFN2O2/c15-10-3-4-13(12(17)6-10)21-7-9-2-1-8(5-11(9)16)14(18)19-20/h1-6,20H,7H2,(H2,18,19). The Labute approximate surface area is 134 Å². The lowest BCUT2D eigenvalue weighted by Gasteiger charge is -2.10. The predicted molar refractivity (Wildman–Crippen MR) is 82.4 cm³/mol. The number of ether oxygens (including phenoxy) is 1. The highest BCUT2D eigenvalue weighted by Gasteiger charge is 2.08. The maximum atomic E-state index is 13.6. The fourth-order valence-electron chi connectivity index (χ4n) is 1.63. The SMILES string of the molecule is N/C(=N/O)c1ccc(COc2ccc(Br)cc2F)c(Cl)c1. The van der Waals surface area contributed by atoms with Gasteiger partial charge in [-0.2, -0.15) is 0 Å². The van der Waals surface area contributed by atoms with Crippen LogP contribution in [0.25, 0.3) is 0 Å². The van der Waals surface area contributed by atoms with Gasteiger partial charge in [0.15, 0.2) is 17.4 Å². The van der Waals surface area contributed by atoms with E-state index in [1.54, 1.807) is 24.3 Å². The molecule has 0 saturated heterocycles. The summed E-state index contributed by atoms with van der Waals surface area (Å²) in [4.78, 5) is 0. The highest BCUT2D eigenvalue weighted by molar-refractivity contribution is 9.10. The zero-order chi connectivity index (χ0) is 15.4. The van der Waals surface area contributed by atoms with Crippen molar-refractivity contribution in [1.29, 1.82) is 0 Å². The molecule has 0 atom stereocenters. The molecule has 0 aromatic heterocycles. The number of nitrogens with two attached hydrogens (primary N) is 1. The van der Waals surface area contributed by atoms with Gasteiger partial charge in [0.1, 0.15) is 6.61 Å². The van der Waals surface area contributed by atoms with Crippen molar-refractivity contribution < 1.29 is 14.3 Å². The minimum Gasteiger partial charge on any atom is -0.486 e. The van der Waals surface area contributed by atoms with Crippen LogP contribution in [0.5, 0.6) is 5.75 Å². The molecule has 0 unspecified atom stereocenters. The van der Waals surface area contributed by atoms with Gasteiger partial charge in [-0.1, -0.05) is 44.8 Å². The topological polar surface area (TPSA) is 67.8 Å². The first kappa shape index (κ1) is 15.6. The van der Waals surface area contributed by atoms with E-state index in [4.69, 9.17) is 27.3 Å². The van der Waals surface area contributed by atoms with Crippen molar-refractivity contribution in [2.24, 2.45) is 10.9 Å². The number of halogens is 3. The third kappa shape index (κ3) is 3.86. The molecule has 2 aromatic rings. The van der Waals surface area contributed by atoms with Crippen LogP contribution in [0.4, 0.5) is 4.39 Å². The normalized spacial score (nSPS) is 11.5. The van der Waals surface area contributed by atoms with Crippen LogP contribution in [0.1, 0.15) is 11.1 Å². The van der Waals surface area contributed by atoms with Crippen molar-refractivity contribution in [3.8, 4) is 5.75 Å². The zero-order valence-corrected chi connectivity index (χ0v) is 13.0. The zero-order valence-electron chi connectivity index (χ0n) is 10.7. The summed E-state index contributed by atoms with van der Waals surface area (Å²) in [5.74, 6) is -0.369. The lowest BCUT2D eigenvalue weighted by Crippen LogP contribution is -2.13. The molecule has 0 amide bonds. The minimum atomic E-state index is -0.464. The largest absolute Gasteiger partial charge is 0.486 e. The van der Waals surface area contributed by atoms with Crippen molar-refractivity contribution in [2.75, 3.05) is 0 Å². The van der Waals surface area contributed by atoms with Gasteiger partial charge in [0, 0.05) is 20.6 Å². The van der Waals surface area contributed by atoms with Gasteiger partial charge in [0.25, 0.3) is 0 Å². The van der Waals surface area contributed by atoms with Crippen LogP contribution in [0.3, 0.4) is 0 Å². The van der Waals surface area contributed by atoms with E-state index in [9.17, 15) is 4.39 Å². The van der Waals surface area contributed by atoms with E-state index in [1.165, 1.54) is 12.1 Å². The van der Waals surface area contributed by atoms with E-state index in [0.29, 0.717) is 20.6 Å². The molecule has 21 heavy (non-hydrogen) atoms. The Hall–Kier alpha value is -1.79. The van der Waals surface area contributed by atoms with Crippen LogP contribution in [-0.2, 0) is 6.61 Å². The lowest BCUT2D eigenvalue weighted by molar-refractivity contribution is 0.290. The first-order valence-corrected chi connectivity index (χ1v) is 7.02. The van der Waals surface area contributed by atoms with E-state index >= 15 is 0 Å². The summed E-state index contributed by atoms with van der Waals surface area (Å²) < 4.78 is 19.6. The molecule has 110 valence electrons. The summed E-state index contributed by atoms with van der Waals surface area (Å²) in [6.45, 7) is 0.105.